The number of carbonyl (C=O) groups excluding carboxylic acids is 1. The standard InChI is InChI=1S/C18H26FNO3S/c1-11(2)20-14-6-17(7-14)23-16-5-13(19)4-15(8-16)22-9-18(21)12(3)10-24/h4-5,8,11-12,14,17,20,24H,6-7,9-10H2,1-3H3. The molecule has 1 aromatic carbocycles. The van der Waals surface area contributed by atoms with E-state index in [4.69, 9.17) is 9.47 Å². The third-order valence-electron chi connectivity index (χ3n) is 4.02. The van der Waals surface area contributed by atoms with Crippen LogP contribution >= 0.6 is 12.6 Å². The molecule has 1 aliphatic carbocycles. The quantitative estimate of drug-likeness (QED) is 0.668. The average molecular weight is 355 g/mol. The minimum absolute atomic E-state index is 0.0571. The maximum Gasteiger partial charge on any atom is 0.173 e. The molecule has 0 spiro atoms. The molecular formula is C18H26FNO3S. The molecule has 0 radical (unpaired) electrons. The Morgan fingerprint density at radius 1 is 1.29 bits per heavy atom. The van der Waals surface area contributed by atoms with Gasteiger partial charge in [0, 0.05) is 36.2 Å². The number of halogens is 1. The minimum atomic E-state index is -0.437. The highest BCUT2D eigenvalue weighted by Gasteiger charge is 2.31. The Bertz CT molecular complexity index is 561. The van der Waals surface area contributed by atoms with E-state index in [9.17, 15) is 9.18 Å². The molecule has 1 unspecified atom stereocenters. The van der Waals surface area contributed by atoms with Crippen molar-refractivity contribution < 1.29 is 18.7 Å². The first-order valence-electron chi connectivity index (χ1n) is 8.37. The number of ketones is 1. The van der Waals surface area contributed by atoms with Crippen molar-refractivity contribution in [1.29, 1.82) is 0 Å². The van der Waals surface area contributed by atoms with E-state index in [0.717, 1.165) is 12.8 Å². The van der Waals surface area contributed by atoms with Crippen LogP contribution in [0.3, 0.4) is 0 Å². The summed E-state index contributed by atoms with van der Waals surface area (Å²) in [6.07, 6.45) is 1.90. The van der Waals surface area contributed by atoms with Crippen LogP contribution in [0.15, 0.2) is 18.2 Å². The largest absolute Gasteiger partial charge is 0.490 e. The first-order chi connectivity index (χ1) is 11.4. The predicted molar refractivity (Wildman–Crippen MR) is 95.6 cm³/mol. The van der Waals surface area contributed by atoms with Gasteiger partial charge in [0.05, 0.1) is 0 Å². The number of nitrogens with one attached hydrogen (secondary N) is 1. The zero-order valence-electron chi connectivity index (χ0n) is 14.4. The van der Waals surface area contributed by atoms with Gasteiger partial charge in [-0.05, 0) is 18.6 Å². The zero-order valence-corrected chi connectivity index (χ0v) is 15.3. The Balaban J connectivity index is 1.86. The van der Waals surface area contributed by atoms with Gasteiger partial charge in [-0.2, -0.15) is 12.6 Å². The average Bonchev–Trinajstić information content (AvgIpc) is 2.48. The number of thiol groups is 1. The summed E-state index contributed by atoms with van der Waals surface area (Å²) in [4.78, 5) is 11.8. The monoisotopic (exact) mass is 355 g/mol. The second-order valence-corrected chi connectivity index (χ2v) is 7.06. The highest BCUT2D eigenvalue weighted by molar-refractivity contribution is 7.80. The van der Waals surface area contributed by atoms with E-state index >= 15 is 0 Å². The smallest absolute Gasteiger partial charge is 0.173 e. The summed E-state index contributed by atoms with van der Waals surface area (Å²) in [6.45, 7) is 5.92. The zero-order chi connectivity index (χ0) is 17.7. The first kappa shape index (κ1) is 19.1. The van der Waals surface area contributed by atoms with Gasteiger partial charge in [-0.1, -0.05) is 20.8 Å². The van der Waals surface area contributed by atoms with E-state index < -0.39 is 5.82 Å². The molecule has 0 heterocycles. The molecule has 1 fully saturated rings. The van der Waals surface area contributed by atoms with Gasteiger partial charge in [0.1, 0.15) is 30.0 Å². The van der Waals surface area contributed by atoms with Crippen LogP contribution in [0.25, 0.3) is 0 Å². The second kappa shape index (κ2) is 8.72. The molecule has 1 saturated carbocycles. The van der Waals surface area contributed by atoms with Crippen LogP contribution in [0.4, 0.5) is 4.39 Å². The highest BCUT2D eigenvalue weighted by atomic mass is 32.1. The lowest BCUT2D eigenvalue weighted by Crippen LogP contribution is -2.49. The summed E-state index contributed by atoms with van der Waals surface area (Å²) in [5.41, 5.74) is 0. The van der Waals surface area contributed by atoms with Gasteiger partial charge in [-0.25, -0.2) is 4.39 Å². The lowest BCUT2D eigenvalue weighted by atomic mass is 9.88. The fraction of sp³-hybridized carbons (Fsp3) is 0.611. The van der Waals surface area contributed by atoms with Crippen molar-refractivity contribution in [3.8, 4) is 11.5 Å². The van der Waals surface area contributed by atoms with E-state index in [-0.39, 0.29) is 24.4 Å². The summed E-state index contributed by atoms with van der Waals surface area (Å²) in [5, 5.41) is 3.44. The normalized spacial score (nSPS) is 21.2. The van der Waals surface area contributed by atoms with Crippen molar-refractivity contribution in [3.63, 3.8) is 0 Å². The molecule has 1 N–H and O–H groups in total. The predicted octanol–water partition coefficient (Wildman–Crippen LogP) is 3.25. The molecule has 4 nitrogen and oxygen atoms in total. The van der Waals surface area contributed by atoms with Crippen LogP contribution in [-0.2, 0) is 4.79 Å². The first-order valence-corrected chi connectivity index (χ1v) is 9.00. The summed E-state index contributed by atoms with van der Waals surface area (Å²) in [7, 11) is 0. The molecule has 1 aliphatic rings. The van der Waals surface area contributed by atoms with Crippen LogP contribution < -0.4 is 14.8 Å². The van der Waals surface area contributed by atoms with Crippen LogP contribution in [-0.4, -0.2) is 36.3 Å². The van der Waals surface area contributed by atoms with Gasteiger partial charge in [0.15, 0.2) is 5.78 Å². The number of rotatable bonds is 9. The molecule has 0 bridgehead atoms. The van der Waals surface area contributed by atoms with Crippen molar-refractivity contribution in [2.45, 2.75) is 51.8 Å². The Kier molecular flexibility index (Phi) is 6.92. The molecule has 134 valence electrons. The fourth-order valence-electron chi connectivity index (χ4n) is 2.55. The van der Waals surface area contributed by atoms with Crippen LogP contribution in [0.2, 0.25) is 0 Å². The van der Waals surface area contributed by atoms with E-state index in [1.54, 1.807) is 13.0 Å². The Hall–Kier alpha value is -1.27. The minimum Gasteiger partial charge on any atom is -0.490 e. The summed E-state index contributed by atoms with van der Waals surface area (Å²) >= 11 is 4.09. The van der Waals surface area contributed by atoms with E-state index in [0.29, 0.717) is 29.3 Å². The van der Waals surface area contributed by atoms with E-state index in [1.165, 1.54) is 12.1 Å². The van der Waals surface area contributed by atoms with Gasteiger partial charge >= 0.3 is 0 Å². The fourth-order valence-corrected chi connectivity index (χ4v) is 2.75. The number of hydrogen-bond donors (Lipinski definition) is 2. The number of Topliss-reactive ketones (excluding diaryl/α,β-unsaturated/α-hetero) is 1. The second-order valence-electron chi connectivity index (χ2n) is 6.69. The van der Waals surface area contributed by atoms with Crippen molar-refractivity contribution >= 4 is 18.4 Å². The maximum atomic E-state index is 13.7. The molecule has 24 heavy (non-hydrogen) atoms. The van der Waals surface area contributed by atoms with E-state index in [2.05, 4.69) is 31.8 Å². The molecule has 1 aromatic rings. The number of carbonyl (C=O) groups is 1. The van der Waals surface area contributed by atoms with Gasteiger partial charge in [-0.15, -0.1) is 0 Å². The molecule has 0 aromatic heterocycles. The van der Waals surface area contributed by atoms with Crippen LogP contribution in [0.5, 0.6) is 11.5 Å². The summed E-state index contributed by atoms with van der Waals surface area (Å²) < 4.78 is 24.9. The van der Waals surface area contributed by atoms with E-state index in [1.807, 2.05) is 0 Å². The van der Waals surface area contributed by atoms with Crippen molar-refractivity contribution in [2.24, 2.45) is 5.92 Å². The van der Waals surface area contributed by atoms with Crippen LogP contribution in [0.1, 0.15) is 33.6 Å². The van der Waals surface area contributed by atoms with Crippen LogP contribution in [0, 0.1) is 11.7 Å². The van der Waals surface area contributed by atoms with Crippen molar-refractivity contribution in [3.05, 3.63) is 24.0 Å². The lowest BCUT2D eigenvalue weighted by molar-refractivity contribution is -0.123. The Morgan fingerprint density at radius 2 is 1.96 bits per heavy atom. The van der Waals surface area contributed by atoms with Crippen molar-refractivity contribution in [2.75, 3.05) is 12.4 Å². The highest BCUT2D eigenvalue weighted by Crippen LogP contribution is 2.29. The third-order valence-corrected chi connectivity index (χ3v) is 4.56. The summed E-state index contributed by atoms with van der Waals surface area (Å²) in [6, 6.07) is 5.14. The molecule has 2 rings (SSSR count). The Labute approximate surface area is 148 Å². The molecule has 1 atom stereocenters. The lowest BCUT2D eigenvalue weighted by Gasteiger charge is -2.37. The molecule has 0 saturated heterocycles. The SMILES string of the molecule is CC(C)NC1CC(Oc2cc(F)cc(OCC(=O)C(C)CS)c2)C1. The summed E-state index contributed by atoms with van der Waals surface area (Å²) in [5.74, 6) is 0.533. The Morgan fingerprint density at radius 3 is 2.58 bits per heavy atom. The third kappa shape index (κ3) is 5.67. The van der Waals surface area contributed by atoms with Gasteiger partial charge in [0.25, 0.3) is 0 Å². The maximum absolute atomic E-state index is 13.7. The van der Waals surface area contributed by atoms with Gasteiger partial charge < -0.3 is 14.8 Å². The molecular weight excluding hydrogens is 329 g/mol. The number of hydrogen-bond acceptors (Lipinski definition) is 5. The molecule has 0 amide bonds. The van der Waals surface area contributed by atoms with Gasteiger partial charge in [0.2, 0.25) is 0 Å². The van der Waals surface area contributed by atoms with Crippen molar-refractivity contribution in [1.82, 2.24) is 5.32 Å². The number of ether oxygens (including phenoxy) is 2. The topological polar surface area (TPSA) is 47.6 Å². The molecule has 0 aliphatic heterocycles. The number of benzene rings is 1. The van der Waals surface area contributed by atoms with Gasteiger partial charge in [-0.3, -0.25) is 4.79 Å². The molecule has 6 heteroatoms.